The van der Waals surface area contributed by atoms with Gasteiger partial charge >= 0.3 is 0 Å². The molecule has 1 aliphatic rings. The molecule has 3 rings (SSSR count). The highest BCUT2D eigenvalue weighted by Gasteiger charge is 2.30. The number of methoxy groups -OCH3 is 1. The predicted molar refractivity (Wildman–Crippen MR) is 109 cm³/mol. The number of benzene rings is 2. The second-order valence-electron chi connectivity index (χ2n) is 7.00. The van der Waals surface area contributed by atoms with Crippen molar-refractivity contribution in [1.29, 1.82) is 0 Å². The molecule has 1 N–H and O–H groups in total. The highest BCUT2D eigenvalue weighted by atomic mass is 35.5. The number of carbonyl (C=O) groups is 1. The van der Waals surface area contributed by atoms with Crippen molar-refractivity contribution in [3.05, 3.63) is 63.9 Å². The summed E-state index contributed by atoms with van der Waals surface area (Å²) in [6.45, 7) is 3.62. The molecule has 29 heavy (non-hydrogen) atoms. The summed E-state index contributed by atoms with van der Waals surface area (Å²) >= 11 is 5.84. The molecule has 152 valence electrons. The van der Waals surface area contributed by atoms with Gasteiger partial charge in [-0.1, -0.05) is 17.7 Å². The Morgan fingerprint density at radius 1 is 1.31 bits per heavy atom. The quantitative estimate of drug-likeness (QED) is 0.394. The largest absolute Gasteiger partial charge is 0.507 e. The maximum atomic E-state index is 13.5. The van der Waals surface area contributed by atoms with Crippen LogP contribution in [0.25, 0.3) is 12.2 Å². The Labute approximate surface area is 173 Å². The minimum absolute atomic E-state index is 0.0130. The molecule has 1 aliphatic heterocycles. The van der Waals surface area contributed by atoms with Crippen molar-refractivity contribution < 1.29 is 28.5 Å². The van der Waals surface area contributed by atoms with Crippen molar-refractivity contribution in [3.63, 3.8) is 0 Å². The third-order valence-electron chi connectivity index (χ3n) is 4.17. The Morgan fingerprint density at radius 3 is 2.76 bits per heavy atom. The summed E-state index contributed by atoms with van der Waals surface area (Å²) in [6.07, 6.45) is 6.24. The topological polar surface area (TPSA) is 65.0 Å². The monoisotopic (exact) mass is 418 g/mol. The molecule has 2 aromatic carbocycles. The van der Waals surface area contributed by atoms with E-state index < -0.39 is 17.2 Å². The molecular weight excluding hydrogens is 399 g/mol. The van der Waals surface area contributed by atoms with Crippen LogP contribution in [-0.4, -0.2) is 30.4 Å². The second-order valence-corrected chi connectivity index (χ2v) is 7.44. The summed E-state index contributed by atoms with van der Waals surface area (Å²) in [4.78, 5) is 12.9. The Bertz CT molecular complexity index is 990. The number of aromatic hydroxyl groups is 1. The van der Waals surface area contributed by atoms with Crippen LogP contribution in [0.2, 0.25) is 5.02 Å². The molecule has 0 aromatic heterocycles. The zero-order valence-corrected chi connectivity index (χ0v) is 16.9. The number of hydrogen-bond acceptors (Lipinski definition) is 5. The lowest BCUT2D eigenvalue weighted by Crippen LogP contribution is -2.28. The summed E-state index contributed by atoms with van der Waals surface area (Å²) < 4.78 is 29.9. The van der Waals surface area contributed by atoms with Crippen LogP contribution in [0.15, 0.2) is 36.4 Å². The lowest BCUT2D eigenvalue weighted by molar-refractivity contribution is 0.0502. The third-order valence-corrected chi connectivity index (χ3v) is 4.39. The molecule has 0 unspecified atom stereocenters. The van der Waals surface area contributed by atoms with Gasteiger partial charge < -0.3 is 19.3 Å². The van der Waals surface area contributed by atoms with Gasteiger partial charge in [-0.2, -0.15) is 0 Å². The summed E-state index contributed by atoms with van der Waals surface area (Å²) in [6, 6.07) is 5.27. The molecule has 1 heterocycles. The number of phenols is 1. The molecule has 0 aliphatic carbocycles. The molecular formula is C22H20ClFO5. The number of carbonyl (C=O) groups excluding carboxylic acids is 1. The fourth-order valence-corrected chi connectivity index (χ4v) is 3.12. The van der Waals surface area contributed by atoms with Crippen molar-refractivity contribution >= 4 is 29.5 Å². The van der Waals surface area contributed by atoms with Crippen LogP contribution in [0.4, 0.5) is 4.39 Å². The third kappa shape index (κ3) is 4.78. The van der Waals surface area contributed by atoms with Crippen LogP contribution in [0.3, 0.4) is 0 Å². The van der Waals surface area contributed by atoms with Gasteiger partial charge in [-0.3, -0.25) is 4.79 Å². The SMILES string of the molecule is COCOc1cc(O)c(C(=O)/C=C/c2cc(F)cc(Cl)c2)c2c1C=CC(C)(C)O2. The van der Waals surface area contributed by atoms with Crippen molar-refractivity contribution in [2.24, 2.45) is 0 Å². The molecule has 7 heteroatoms. The number of ketones is 1. The van der Waals surface area contributed by atoms with Crippen molar-refractivity contribution in [3.8, 4) is 17.2 Å². The van der Waals surface area contributed by atoms with E-state index >= 15 is 0 Å². The normalized spacial score (nSPS) is 14.5. The molecule has 0 atom stereocenters. The van der Waals surface area contributed by atoms with E-state index in [0.29, 0.717) is 16.9 Å². The van der Waals surface area contributed by atoms with Crippen molar-refractivity contribution in [2.45, 2.75) is 19.4 Å². The van der Waals surface area contributed by atoms with Crippen LogP contribution in [0.1, 0.15) is 35.3 Å². The van der Waals surface area contributed by atoms with Crippen molar-refractivity contribution in [1.82, 2.24) is 0 Å². The summed E-state index contributed by atoms with van der Waals surface area (Å²) in [7, 11) is 1.48. The first-order chi connectivity index (χ1) is 13.7. The van der Waals surface area contributed by atoms with Gasteiger partial charge in [-0.05, 0) is 55.8 Å². The number of phenolic OH excluding ortho intramolecular Hbond substituents is 1. The van der Waals surface area contributed by atoms with Crippen molar-refractivity contribution in [2.75, 3.05) is 13.9 Å². The van der Waals surface area contributed by atoms with E-state index in [1.54, 1.807) is 6.08 Å². The van der Waals surface area contributed by atoms with E-state index in [1.807, 2.05) is 19.9 Å². The van der Waals surface area contributed by atoms with E-state index in [1.165, 1.54) is 43.5 Å². The van der Waals surface area contributed by atoms with E-state index in [2.05, 4.69) is 0 Å². The lowest BCUT2D eigenvalue weighted by Gasteiger charge is -2.30. The average Bonchev–Trinajstić information content (AvgIpc) is 2.62. The molecule has 0 bridgehead atoms. The fourth-order valence-electron chi connectivity index (χ4n) is 2.89. The molecule has 0 radical (unpaired) electrons. The minimum Gasteiger partial charge on any atom is -0.507 e. The number of rotatable bonds is 6. The molecule has 5 nitrogen and oxygen atoms in total. The van der Waals surface area contributed by atoms with E-state index in [9.17, 15) is 14.3 Å². The molecule has 0 saturated heterocycles. The zero-order chi connectivity index (χ0) is 21.2. The Hall–Kier alpha value is -2.83. The Kier molecular flexibility index (Phi) is 5.96. The first-order valence-corrected chi connectivity index (χ1v) is 9.16. The van der Waals surface area contributed by atoms with Gasteiger partial charge in [-0.25, -0.2) is 4.39 Å². The van der Waals surface area contributed by atoms with Gasteiger partial charge in [-0.15, -0.1) is 0 Å². The van der Waals surface area contributed by atoms with Gasteiger partial charge in [0.2, 0.25) is 0 Å². The van der Waals surface area contributed by atoms with E-state index in [-0.39, 0.29) is 28.9 Å². The molecule has 2 aromatic rings. The number of allylic oxidation sites excluding steroid dienone is 1. The van der Waals surface area contributed by atoms with Crippen LogP contribution < -0.4 is 9.47 Å². The maximum Gasteiger partial charge on any atom is 0.193 e. The first kappa shape index (κ1) is 20.9. The van der Waals surface area contributed by atoms with Crippen LogP contribution in [0.5, 0.6) is 17.2 Å². The van der Waals surface area contributed by atoms with E-state index in [4.69, 9.17) is 25.8 Å². The standard InChI is InChI=1S/C22H20ClFO5/c1-22(2)7-6-16-19(28-12-27-3)11-18(26)20(21(16)29-22)17(25)5-4-13-8-14(23)10-15(24)9-13/h4-11,26H,12H2,1-3H3/b5-4+. The van der Waals surface area contributed by atoms with E-state index in [0.717, 1.165) is 0 Å². The zero-order valence-electron chi connectivity index (χ0n) is 16.2. The van der Waals surface area contributed by atoms with Gasteiger partial charge in [0.15, 0.2) is 12.6 Å². The smallest absolute Gasteiger partial charge is 0.193 e. The Balaban J connectivity index is 2.03. The maximum absolute atomic E-state index is 13.5. The molecule has 0 amide bonds. The predicted octanol–water partition coefficient (Wildman–Crippen LogP) is 5.25. The van der Waals surface area contributed by atoms with Gasteiger partial charge in [0, 0.05) is 18.2 Å². The average molecular weight is 419 g/mol. The number of hydrogen-bond donors (Lipinski definition) is 1. The van der Waals surface area contributed by atoms with Gasteiger partial charge in [0.1, 0.15) is 34.2 Å². The summed E-state index contributed by atoms with van der Waals surface area (Å²) in [5, 5.41) is 10.7. The second kappa shape index (κ2) is 8.27. The molecule has 0 saturated carbocycles. The number of fused-ring (bicyclic) bond motifs is 1. The number of ether oxygens (including phenoxy) is 3. The molecule has 0 fully saturated rings. The van der Waals surface area contributed by atoms with Crippen LogP contribution in [0, 0.1) is 5.82 Å². The highest BCUT2D eigenvalue weighted by molar-refractivity contribution is 6.30. The van der Waals surface area contributed by atoms with Crippen LogP contribution >= 0.6 is 11.6 Å². The van der Waals surface area contributed by atoms with Gasteiger partial charge in [0.05, 0.1) is 5.56 Å². The van der Waals surface area contributed by atoms with Gasteiger partial charge in [0.25, 0.3) is 0 Å². The molecule has 0 spiro atoms. The van der Waals surface area contributed by atoms with Crippen LogP contribution in [-0.2, 0) is 4.74 Å². The minimum atomic E-state index is -0.686. The highest BCUT2D eigenvalue weighted by Crippen LogP contribution is 2.44. The lowest BCUT2D eigenvalue weighted by atomic mass is 9.96. The summed E-state index contributed by atoms with van der Waals surface area (Å²) in [5.41, 5.74) is 0.234. The fraction of sp³-hybridized carbons (Fsp3) is 0.227. The number of halogens is 2. The Morgan fingerprint density at radius 2 is 2.07 bits per heavy atom. The summed E-state index contributed by atoms with van der Waals surface area (Å²) in [5.74, 6) is -0.796. The first-order valence-electron chi connectivity index (χ1n) is 8.78.